The highest BCUT2D eigenvalue weighted by Crippen LogP contribution is 2.24. The molecular weight excluding hydrogens is 309 g/mol. The van der Waals surface area contributed by atoms with Gasteiger partial charge >= 0.3 is 0 Å². The average Bonchev–Trinajstić information content (AvgIpc) is 3.16. The van der Waals surface area contributed by atoms with Crippen LogP contribution in [0.1, 0.15) is 12.0 Å². The van der Waals surface area contributed by atoms with Crippen molar-refractivity contribution in [1.29, 1.82) is 0 Å². The fourth-order valence-electron chi connectivity index (χ4n) is 3.13. The third kappa shape index (κ3) is 3.21. The van der Waals surface area contributed by atoms with E-state index in [9.17, 15) is 4.39 Å². The normalized spacial score (nSPS) is 21.4. The van der Waals surface area contributed by atoms with Crippen LogP contribution in [-0.4, -0.2) is 45.2 Å². The first kappa shape index (κ1) is 15.0. The minimum absolute atomic E-state index is 0.0789. The van der Waals surface area contributed by atoms with E-state index in [0.717, 1.165) is 16.7 Å². The van der Waals surface area contributed by atoms with Gasteiger partial charge in [0.1, 0.15) is 18.0 Å². The van der Waals surface area contributed by atoms with Crippen molar-refractivity contribution in [2.45, 2.75) is 25.2 Å². The summed E-state index contributed by atoms with van der Waals surface area (Å²) in [7, 11) is 0. The minimum atomic E-state index is -0.815. The Morgan fingerprint density at radius 2 is 2.08 bits per heavy atom. The van der Waals surface area contributed by atoms with Crippen molar-refractivity contribution in [3.8, 4) is 0 Å². The summed E-state index contributed by atoms with van der Waals surface area (Å²) in [5.74, 6) is 0. The molecule has 1 aliphatic heterocycles. The van der Waals surface area contributed by atoms with E-state index in [2.05, 4.69) is 25.2 Å². The molecule has 124 valence electrons. The minimum Gasteiger partial charge on any atom is -0.424 e. The molecule has 0 saturated carbocycles. The van der Waals surface area contributed by atoms with Crippen molar-refractivity contribution in [1.82, 2.24) is 19.9 Å². The Balaban J connectivity index is 1.42. The Morgan fingerprint density at radius 3 is 2.92 bits per heavy atom. The van der Waals surface area contributed by atoms with E-state index in [0.29, 0.717) is 32.1 Å². The molecule has 1 fully saturated rings. The lowest BCUT2D eigenvalue weighted by atomic mass is 10.2. The third-order valence-electron chi connectivity index (χ3n) is 4.26. The summed E-state index contributed by atoms with van der Waals surface area (Å²) in [6, 6.07) is 8.16. The van der Waals surface area contributed by atoms with Crippen LogP contribution in [0.2, 0.25) is 0 Å². The van der Waals surface area contributed by atoms with Crippen LogP contribution in [0.15, 0.2) is 47.4 Å². The van der Waals surface area contributed by atoms with E-state index in [-0.39, 0.29) is 6.04 Å². The second kappa shape index (κ2) is 6.52. The highest BCUT2D eigenvalue weighted by atomic mass is 19.1. The number of halogens is 1. The first-order chi connectivity index (χ1) is 11.8. The molecule has 1 N–H and O–H groups in total. The number of aromatic nitrogens is 3. The molecule has 0 aliphatic carbocycles. The molecule has 0 unspecified atom stereocenters. The van der Waals surface area contributed by atoms with Crippen LogP contribution >= 0.6 is 0 Å². The predicted molar refractivity (Wildman–Crippen MR) is 88.2 cm³/mol. The van der Waals surface area contributed by atoms with Crippen LogP contribution < -0.4 is 5.32 Å². The Hall–Kier alpha value is -2.54. The molecule has 1 aliphatic rings. The predicted octanol–water partition coefficient (Wildman–Crippen LogP) is 2.64. The summed E-state index contributed by atoms with van der Waals surface area (Å²) in [6.07, 6.45) is 4.72. The zero-order valence-corrected chi connectivity index (χ0v) is 13.1. The van der Waals surface area contributed by atoms with Crippen molar-refractivity contribution in [2.24, 2.45) is 0 Å². The number of benzene rings is 1. The summed E-state index contributed by atoms with van der Waals surface area (Å²) >= 11 is 0. The molecule has 7 heteroatoms. The molecule has 0 spiro atoms. The maximum Gasteiger partial charge on any atom is 0.295 e. The van der Waals surface area contributed by atoms with Crippen molar-refractivity contribution < 1.29 is 8.81 Å². The number of hydrogen-bond acceptors (Lipinski definition) is 6. The van der Waals surface area contributed by atoms with Crippen LogP contribution in [0.5, 0.6) is 0 Å². The Kier molecular flexibility index (Phi) is 4.08. The van der Waals surface area contributed by atoms with Gasteiger partial charge in [0.25, 0.3) is 6.01 Å². The van der Waals surface area contributed by atoms with E-state index >= 15 is 0 Å². The van der Waals surface area contributed by atoms with E-state index < -0.39 is 6.17 Å². The highest BCUT2D eigenvalue weighted by molar-refractivity contribution is 5.74. The van der Waals surface area contributed by atoms with Crippen LogP contribution in [-0.2, 0) is 6.54 Å². The smallest absolute Gasteiger partial charge is 0.295 e. The molecule has 1 aromatic carbocycles. The van der Waals surface area contributed by atoms with E-state index in [1.54, 1.807) is 12.4 Å². The third-order valence-corrected chi connectivity index (χ3v) is 4.26. The zero-order chi connectivity index (χ0) is 16.4. The topological polar surface area (TPSA) is 67.1 Å². The fourth-order valence-corrected chi connectivity index (χ4v) is 3.13. The van der Waals surface area contributed by atoms with E-state index in [4.69, 9.17) is 4.42 Å². The molecule has 6 nitrogen and oxygen atoms in total. The van der Waals surface area contributed by atoms with E-state index in [1.807, 2.05) is 24.3 Å². The lowest BCUT2D eigenvalue weighted by Gasteiger charge is -2.23. The number of alkyl halides is 1. The summed E-state index contributed by atoms with van der Waals surface area (Å²) in [5.41, 5.74) is 2.54. The summed E-state index contributed by atoms with van der Waals surface area (Å²) in [5, 5.41) is 3.19. The second-order valence-corrected chi connectivity index (χ2v) is 6.03. The molecule has 2 aromatic heterocycles. The molecule has 0 bridgehead atoms. The first-order valence-corrected chi connectivity index (χ1v) is 7.99. The molecule has 3 aromatic rings. The fraction of sp³-hybridized carbons (Fsp3) is 0.353. The van der Waals surface area contributed by atoms with Gasteiger partial charge in [-0.1, -0.05) is 12.1 Å². The van der Waals surface area contributed by atoms with Gasteiger partial charge in [-0.3, -0.25) is 4.90 Å². The van der Waals surface area contributed by atoms with Gasteiger partial charge in [-0.15, -0.1) is 0 Å². The maximum absolute atomic E-state index is 13.9. The largest absolute Gasteiger partial charge is 0.424 e. The van der Waals surface area contributed by atoms with Gasteiger partial charge in [-0.25, -0.2) is 14.4 Å². The van der Waals surface area contributed by atoms with Crippen molar-refractivity contribution in [3.05, 3.63) is 48.5 Å². The van der Waals surface area contributed by atoms with Gasteiger partial charge in [0.15, 0.2) is 5.58 Å². The first-order valence-electron chi connectivity index (χ1n) is 7.99. The number of fused-ring (bicyclic) bond motifs is 1. The number of nitrogens with one attached hydrogen (secondary N) is 1. The van der Waals surface area contributed by atoms with Gasteiger partial charge in [-0.05, 0) is 18.6 Å². The van der Waals surface area contributed by atoms with Crippen LogP contribution in [0.4, 0.5) is 10.4 Å². The molecule has 24 heavy (non-hydrogen) atoms. The summed E-state index contributed by atoms with van der Waals surface area (Å²) in [6.45, 7) is 1.65. The molecule has 0 amide bonds. The molecule has 3 heterocycles. The van der Waals surface area contributed by atoms with Gasteiger partial charge in [0.2, 0.25) is 0 Å². The number of para-hydroxylation sites is 2. The van der Waals surface area contributed by atoms with Crippen LogP contribution in [0.3, 0.4) is 0 Å². The monoisotopic (exact) mass is 327 g/mol. The number of hydrogen-bond donors (Lipinski definition) is 1. The van der Waals surface area contributed by atoms with Crippen molar-refractivity contribution in [2.75, 3.05) is 18.4 Å². The van der Waals surface area contributed by atoms with Crippen molar-refractivity contribution >= 4 is 17.1 Å². The number of nitrogens with zero attached hydrogens (tertiary/aromatic N) is 4. The van der Waals surface area contributed by atoms with Crippen LogP contribution in [0, 0.1) is 0 Å². The number of rotatable bonds is 5. The van der Waals surface area contributed by atoms with Gasteiger partial charge in [-0.2, -0.15) is 4.98 Å². The van der Waals surface area contributed by atoms with Gasteiger partial charge in [0, 0.05) is 43.6 Å². The standard InChI is InChI=1S/C17H18FN5O/c18-13-5-14(23(10-13)9-12-6-19-11-20-7-12)8-21-17-22-15-3-1-2-4-16(15)24-17/h1-4,6-7,11,13-14H,5,8-10H2,(H,21,22)/t13-,14-/m0/s1. The van der Waals surface area contributed by atoms with Gasteiger partial charge in [0.05, 0.1) is 0 Å². The summed E-state index contributed by atoms with van der Waals surface area (Å²) in [4.78, 5) is 14.5. The van der Waals surface area contributed by atoms with Crippen molar-refractivity contribution in [3.63, 3.8) is 0 Å². The van der Waals surface area contributed by atoms with Crippen LogP contribution in [0.25, 0.3) is 11.1 Å². The average molecular weight is 327 g/mol. The second-order valence-electron chi connectivity index (χ2n) is 6.03. The SMILES string of the molecule is F[C@H]1C[C@@H](CNc2nc3ccccc3o2)N(Cc2cncnc2)C1. The lowest BCUT2D eigenvalue weighted by Crippen LogP contribution is -2.34. The lowest BCUT2D eigenvalue weighted by molar-refractivity contribution is 0.240. The number of anilines is 1. The molecule has 0 radical (unpaired) electrons. The highest BCUT2D eigenvalue weighted by Gasteiger charge is 2.32. The number of likely N-dealkylation sites (tertiary alicyclic amines) is 1. The molecule has 2 atom stereocenters. The Labute approximate surface area is 138 Å². The molecule has 4 rings (SSSR count). The van der Waals surface area contributed by atoms with Gasteiger partial charge < -0.3 is 9.73 Å². The quantitative estimate of drug-likeness (QED) is 0.777. The Bertz CT molecular complexity index is 776. The molecular formula is C17H18FN5O. The Morgan fingerprint density at radius 1 is 1.25 bits per heavy atom. The number of oxazole rings is 1. The molecule has 1 saturated heterocycles. The maximum atomic E-state index is 13.9. The van der Waals surface area contributed by atoms with E-state index in [1.165, 1.54) is 6.33 Å². The zero-order valence-electron chi connectivity index (χ0n) is 13.1. The summed E-state index contributed by atoms with van der Waals surface area (Å²) < 4.78 is 19.5.